The highest BCUT2D eigenvalue weighted by atomic mass is 35.5. The lowest BCUT2D eigenvalue weighted by atomic mass is 10.3. The molecular weight excluding hydrogens is 315 g/mol. The van der Waals surface area contributed by atoms with Crippen LogP contribution in [0.4, 0.5) is 0 Å². The Balaban J connectivity index is 2.85. The van der Waals surface area contributed by atoms with Gasteiger partial charge in [0.25, 0.3) is 0 Å². The average molecular weight is 322 g/mol. The fraction of sp³-hybridized carbons (Fsp3) is 0.250. The second kappa shape index (κ2) is 5.60. The monoisotopic (exact) mass is 320 g/mol. The molecule has 1 atom stereocenters. The van der Waals surface area contributed by atoms with Crippen LogP contribution in [0, 0.1) is 0 Å². The maximum absolute atomic E-state index is 10.4. The van der Waals surface area contributed by atoms with Gasteiger partial charge in [0.05, 0.1) is 15.1 Å². The fourth-order valence-electron chi connectivity index (χ4n) is 0.964. The fourth-order valence-corrected chi connectivity index (χ4v) is 1.93. The van der Waals surface area contributed by atoms with Crippen LogP contribution in [0.15, 0.2) is 12.1 Å². The first kappa shape index (κ1) is 14.8. The zero-order valence-electron chi connectivity index (χ0n) is 8.35. The molecule has 0 heterocycles. The van der Waals surface area contributed by atoms with E-state index in [0.717, 1.165) is 0 Å². The van der Waals surface area contributed by atoms with Gasteiger partial charge in [0.15, 0.2) is 0 Å². The van der Waals surface area contributed by atoms with Gasteiger partial charge in [-0.3, -0.25) is 4.55 Å². The minimum atomic E-state index is -4.60. The molecule has 0 spiro atoms. The Labute approximate surface area is 113 Å². The molecule has 1 rings (SSSR count). The maximum Gasteiger partial charge on any atom is 0.400 e. The van der Waals surface area contributed by atoms with E-state index in [2.05, 4.69) is 4.18 Å². The molecule has 0 aromatic heterocycles. The van der Waals surface area contributed by atoms with Crippen LogP contribution >= 0.6 is 34.8 Å². The highest BCUT2D eigenvalue weighted by molar-refractivity contribution is 7.80. The molecule has 0 bridgehead atoms. The molecule has 17 heavy (non-hydrogen) atoms. The summed E-state index contributed by atoms with van der Waals surface area (Å²) in [5.74, 6) is 0.0808. The predicted molar refractivity (Wildman–Crippen MR) is 64.2 cm³/mol. The van der Waals surface area contributed by atoms with Gasteiger partial charge in [-0.2, -0.15) is 8.42 Å². The van der Waals surface area contributed by atoms with E-state index >= 15 is 0 Å². The Morgan fingerprint density at radius 3 is 2.24 bits per heavy atom. The summed E-state index contributed by atoms with van der Waals surface area (Å²) in [6.07, 6.45) is -1.26. The van der Waals surface area contributed by atoms with E-state index in [1.165, 1.54) is 19.1 Å². The molecular formula is C8H7Cl3O5S. The van der Waals surface area contributed by atoms with Crippen molar-refractivity contribution in [2.45, 2.75) is 13.2 Å². The first-order valence-electron chi connectivity index (χ1n) is 4.16. The smallest absolute Gasteiger partial charge is 0.400 e. The molecule has 0 radical (unpaired) electrons. The molecule has 0 saturated heterocycles. The minimum Gasteiger partial charge on any atom is -0.462 e. The molecule has 1 aromatic rings. The normalized spacial score (nSPS) is 13.5. The summed E-state index contributed by atoms with van der Waals surface area (Å²) >= 11 is 17.2. The molecule has 0 aliphatic rings. The quantitative estimate of drug-likeness (QED) is 0.524. The van der Waals surface area contributed by atoms with Gasteiger partial charge in [-0.1, -0.05) is 34.8 Å². The van der Waals surface area contributed by atoms with Crippen LogP contribution in [-0.2, 0) is 14.6 Å². The van der Waals surface area contributed by atoms with E-state index in [9.17, 15) is 8.42 Å². The van der Waals surface area contributed by atoms with E-state index in [1.54, 1.807) is 0 Å². The Hall–Kier alpha value is -0.240. The Morgan fingerprint density at radius 1 is 1.18 bits per heavy atom. The molecule has 0 saturated carbocycles. The number of benzene rings is 1. The topological polar surface area (TPSA) is 72.8 Å². The summed E-state index contributed by atoms with van der Waals surface area (Å²) in [5, 5.41) is 0.544. The molecule has 1 N–H and O–H groups in total. The van der Waals surface area contributed by atoms with Crippen LogP contribution in [0.3, 0.4) is 0 Å². The Bertz CT molecular complexity index is 516. The summed E-state index contributed by atoms with van der Waals surface area (Å²) in [6.45, 7) is 1.26. The standard InChI is InChI=1S/C8H7Cl3O5S/c1-4(16-17(12,13)14)15-8-3-6(10)5(9)2-7(8)11/h2-4H,1H3,(H,12,13,14). The number of hydrogen-bond donors (Lipinski definition) is 1. The molecule has 0 fully saturated rings. The maximum atomic E-state index is 10.4. The summed E-state index contributed by atoms with van der Waals surface area (Å²) < 4.78 is 38.4. The lowest BCUT2D eigenvalue weighted by molar-refractivity contribution is 0.0189. The van der Waals surface area contributed by atoms with Crippen molar-refractivity contribution in [2.24, 2.45) is 0 Å². The van der Waals surface area contributed by atoms with E-state index in [0.29, 0.717) is 0 Å². The van der Waals surface area contributed by atoms with Crippen LogP contribution < -0.4 is 4.74 Å². The third-order valence-electron chi connectivity index (χ3n) is 1.52. The van der Waals surface area contributed by atoms with Crippen molar-refractivity contribution < 1.29 is 21.9 Å². The molecule has 9 heteroatoms. The molecule has 1 aromatic carbocycles. The molecule has 0 aliphatic heterocycles. The highest BCUT2D eigenvalue weighted by Gasteiger charge is 2.16. The van der Waals surface area contributed by atoms with E-state index < -0.39 is 16.7 Å². The highest BCUT2D eigenvalue weighted by Crippen LogP contribution is 2.34. The van der Waals surface area contributed by atoms with Gasteiger partial charge in [-0.05, 0) is 13.0 Å². The molecule has 96 valence electrons. The predicted octanol–water partition coefficient (Wildman–Crippen LogP) is 3.19. The van der Waals surface area contributed by atoms with Crippen molar-refractivity contribution in [1.82, 2.24) is 0 Å². The van der Waals surface area contributed by atoms with Crippen molar-refractivity contribution in [2.75, 3.05) is 0 Å². The average Bonchev–Trinajstić information content (AvgIpc) is 2.11. The summed E-state index contributed by atoms with van der Waals surface area (Å²) in [5.41, 5.74) is 0. The largest absolute Gasteiger partial charge is 0.462 e. The zero-order valence-corrected chi connectivity index (χ0v) is 11.4. The summed E-state index contributed by atoms with van der Waals surface area (Å²) in [4.78, 5) is 0. The third kappa shape index (κ3) is 4.87. The summed E-state index contributed by atoms with van der Waals surface area (Å²) in [7, 11) is -4.60. The van der Waals surface area contributed by atoms with E-state index in [-0.39, 0.29) is 20.8 Å². The zero-order chi connectivity index (χ0) is 13.2. The summed E-state index contributed by atoms with van der Waals surface area (Å²) in [6, 6.07) is 2.64. The van der Waals surface area contributed by atoms with Crippen LogP contribution in [0.25, 0.3) is 0 Å². The lowest BCUT2D eigenvalue weighted by Gasteiger charge is -2.14. The van der Waals surface area contributed by atoms with Crippen LogP contribution in [0.2, 0.25) is 15.1 Å². The van der Waals surface area contributed by atoms with Crippen molar-refractivity contribution in [3.63, 3.8) is 0 Å². The van der Waals surface area contributed by atoms with Crippen LogP contribution in [0.1, 0.15) is 6.92 Å². The van der Waals surface area contributed by atoms with Gasteiger partial charge in [-0.15, -0.1) is 0 Å². The second-order valence-corrected chi connectivity index (χ2v) is 5.18. The first-order valence-corrected chi connectivity index (χ1v) is 6.66. The lowest BCUT2D eigenvalue weighted by Crippen LogP contribution is -2.20. The third-order valence-corrected chi connectivity index (χ3v) is 3.06. The number of hydrogen-bond acceptors (Lipinski definition) is 4. The van der Waals surface area contributed by atoms with Gasteiger partial charge < -0.3 is 4.74 Å². The number of halogens is 3. The van der Waals surface area contributed by atoms with Crippen molar-refractivity contribution >= 4 is 45.2 Å². The van der Waals surface area contributed by atoms with Crippen molar-refractivity contribution in [3.8, 4) is 5.75 Å². The SMILES string of the molecule is CC(Oc1cc(Cl)c(Cl)cc1Cl)OS(=O)(=O)O. The van der Waals surface area contributed by atoms with Gasteiger partial charge in [0.2, 0.25) is 6.29 Å². The second-order valence-electron chi connectivity index (χ2n) is 2.91. The number of rotatable bonds is 4. The Morgan fingerprint density at radius 2 is 1.71 bits per heavy atom. The van der Waals surface area contributed by atoms with E-state index in [1.807, 2.05) is 0 Å². The van der Waals surface area contributed by atoms with Gasteiger partial charge in [-0.25, -0.2) is 4.18 Å². The van der Waals surface area contributed by atoms with Crippen molar-refractivity contribution in [1.29, 1.82) is 0 Å². The minimum absolute atomic E-state index is 0.0808. The van der Waals surface area contributed by atoms with Gasteiger partial charge in [0, 0.05) is 6.07 Å². The number of ether oxygens (including phenoxy) is 1. The molecule has 0 aliphatic carbocycles. The van der Waals surface area contributed by atoms with Crippen LogP contribution in [-0.4, -0.2) is 19.3 Å². The molecule has 0 amide bonds. The van der Waals surface area contributed by atoms with Gasteiger partial charge >= 0.3 is 10.4 Å². The Kier molecular flexibility index (Phi) is 4.88. The first-order chi connectivity index (χ1) is 7.69. The molecule has 5 nitrogen and oxygen atoms in total. The molecule has 1 unspecified atom stereocenters. The van der Waals surface area contributed by atoms with Crippen molar-refractivity contribution in [3.05, 3.63) is 27.2 Å². The van der Waals surface area contributed by atoms with E-state index in [4.69, 9.17) is 44.1 Å². The van der Waals surface area contributed by atoms with Gasteiger partial charge in [0.1, 0.15) is 5.75 Å². The van der Waals surface area contributed by atoms with Crippen LogP contribution in [0.5, 0.6) is 5.75 Å².